The molecule has 8 atom stereocenters. The van der Waals surface area contributed by atoms with E-state index in [0.29, 0.717) is 19.3 Å². The maximum absolute atomic E-state index is 13.2. The number of cyclic esters (lactones) is 1. The van der Waals surface area contributed by atoms with Crippen molar-refractivity contribution in [1.82, 2.24) is 20.9 Å². The van der Waals surface area contributed by atoms with Crippen molar-refractivity contribution in [2.75, 3.05) is 46.1 Å². The Morgan fingerprint density at radius 1 is 0.938 bits per heavy atom. The van der Waals surface area contributed by atoms with E-state index in [0.717, 1.165) is 17.7 Å². The van der Waals surface area contributed by atoms with Gasteiger partial charge in [-0.3, -0.25) is 39.0 Å². The molecule has 18 heteroatoms. The number of fused-ring (bicyclic) bond motifs is 2. The molecule has 2 saturated heterocycles. The molecule has 5 aliphatic rings. The van der Waals surface area contributed by atoms with Gasteiger partial charge in [-0.2, -0.15) is 0 Å². The number of nitrogens with one attached hydrogen (secondary N) is 3. The Hall–Kier alpha value is -4.91. The first-order valence-electron chi connectivity index (χ1n) is 22.9. The van der Waals surface area contributed by atoms with Crippen molar-refractivity contribution in [2.24, 2.45) is 23.7 Å². The standard InChI is InChI=1S/C47H66N4O13Si/c1-28-23-30-12-11-29(2)33(14-13-31-25-32(26-40(54)62-31)64-65(6,7)47(3,4)5)41(30)37(24-28)63-46(58)49-18-20-60-22-21-59-19-17-48-39(53)27-61-36-10-8-9-34-42(36)45(57)51(44(34)56)35-15-16-38(52)50-43(35)55/h8-12,23,28-29,31-33,35,37,41H,13-22,24-27H2,1-7H3,(H,48,53)(H,49,58)(H,50,52,55)/t28-,29-,31+,32+,33?,35?,37-,41-/m0/s1. The average molecular weight is 923 g/mol. The minimum atomic E-state index is -2.05. The number of ether oxygens (including phenoxy) is 5. The van der Waals surface area contributed by atoms with Gasteiger partial charge in [0.05, 0.1) is 50.1 Å². The number of amides is 6. The SMILES string of the molecule is C[C@H]1C=C2C=C[C@H](C)C(CC[C@@H]3C[C@@H](O[Si](C)(C)C(C)(C)C)CC(=O)O3)[C@H]2[C@@H](OC(=O)NCCOCCOCCNC(=O)COc2cccc3c2C(=O)N(C2CCC(=O)NC2=O)C3=O)C1. The molecular weight excluding hydrogens is 857 g/mol. The molecule has 6 rings (SSSR count). The van der Waals surface area contributed by atoms with Crippen LogP contribution in [0.15, 0.2) is 42.0 Å². The first-order valence-corrected chi connectivity index (χ1v) is 25.8. The number of nitrogens with zero attached hydrogens (tertiary/aromatic N) is 1. The number of carbonyl (C=O) groups excluding carboxylic acids is 7. The van der Waals surface area contributed by atoms with Gasteiger partial charge in [0.2, 0.25) is 11.8 Å². The molecule has 6 amide bonds. The lowest BCUT2D eigenvalue weighted by molar-refractivity contribution is -0.160. The number of benzene rings is 1. The van der Waals surface area contributed by atoms with Gasteiger partial charge in [-0.25, -0.2) is 4.79 Å². The molecule has 2 aliphatic carbocycles. The van der Waals surface area contributed by atoms with Crippen molar-refractivity contribution in [1.29, 1.82) is 0 Å². The number of allylic oxidation sites excluding steroid dienone is 3. The topological polar surface area (TPSA) is 214 Å². The molecule has 1 aromatic carbocycles. The van der Waals surface area contributed by atoms with E-state index in [1.54, 1.807) is 0 Å². The summed E-state index contributed by atoms with van der Waals surface area (Å²) in [6.07, 6.45) is 8.80. The van der Waals surface area contributed by atoms with E-state index >= 15 is 0 Å². The van der Waals surface area contributed by atoms with E-state index in [1.807, 2.05) is 0 Å². The van der Waals surface area contributed by atoms with Crippen LogP contribution in [0.5, 0.6) is 5.75 Å². The fourth-order valence-corrected chi connectivity index (χ4v) is 10.5. The predicted molar refractivity (Wildman–Crippen MR) is 239 cm³/mol. The zero-order valence-corrected chi connectivity index (χ0v) is 39.7. The summed E-state index contributed by atoms with van der Waals surface area (Å²) in [5.41, 5.74) is 1.20. The molecule has 17 nitrogen and oxygen atoms in total. The van der Waals surface area contributed by atoms with Crippen molar-refractivity contribution < 1.29 is 61.7 Å². The molecule has 3 heterocycles. The Morgan fingerprint density at radius 3 is 2.37 bits per heavy atom. The lowest BCUT2D eigenvalue weighted by Crippen LogP contribution is -2.54. The van der Waals surface area contributed by atoms with E-state index in [9.17, 15) is 33.6 Å². The van der Waals surface area contributed by atoms with Gasteiger partial charge in [0.1, 0.15) is 24.0 Å². The number of carbonyl (C=O) groups is 7. The summed E-state index contributed by atoms with van der Waals surface area (Å²) in [7, 11) is -2.05. The van der Waals surface area contributed by atoms with Gasteiger partial charge in [0.15, 0.2) is 14.9 Å². The molecule has 2 fully saturated rings. The van der Waals surface area contributed by atoms with Crippen LogP contribution in [0.2, 0.25) is 18.1 Å². The van der Waals surface area contributed by atoms with E-state index in [-0.39, 0.29) is 122 Å². The van der Waals surface area contributed by atoms with Crippen LogP contribution in [-0.4, -0.2) is 125 Å². The second kappa shape index (κ2) is 21.6. The van der Waals surface area contributed by atoms with Crippen LogP contribution >= 0.6 is 0 Å². The van der Waals surface area contributed by atoms with Crippen LogP contribution in [0, 0.1) is 23.7 Å². The minimum absolute atomic E-state index is 0.000192. The van der Waals surface area contributed by atoms with Crippen LogP contribution in [0.3, 0.4) is 0 Å². The highest BCUT2D eigenvalue weighted by molar-refractivity contribution is 6.74. The van der Waals surface area contributed by atoms with Crippen molar-refractivity contribution >= 4 is 49.9 Å². The molecule has 65 heavy (non-hydrogen) atoms. The van der Waals surface area contributed by atoms with Gasteiger partial charge in [-0.1, -0.05) is 58.9 Å². The summed E-state index contributed by atoms with van der Waals surface area (Å²) in [6.45, 7) is 16.3. The average Bonchev–Trinajstić information content (AvgIpc) is 3.48. The number of rotatable bonds is 19. The second-order valence-corrected chi connectivity index (χ2v) is 24.0. The number of alkyl carbamates (subject to hydrolysis) is 1. The van der Waals surface area contributed by atoms with E-state index in [1.165, 1.54) is 23.8 Å². The third kappa shape index (κ3) is 12.5. The van der Waals surface area contributed by atoms with E-state index in [2.05, 4.69) is 81.9 Å². The second-order valence-electron chi connectivity index (χ2n) is 19.3. The molecular formula is C47H66N4O13Si. The highest BCUT2D eigenvalue weighted by Crippen LogP contribution is 2.46. The Morgan fingerprint density at radius 2 is 1.66 bits per heavy atom. The Labute approximate surface area is 382 Å². The van der Waals surface area contributed by atoms with Gasteiger partial charge < -0.3 is 38.7 Å². The number of hydrogen-bond donors (Lipinski definition) is 3. The fraction of sp³-hybridized carbons (Fsp3) is 0.638. The predicted octanol–water partition coefficient (Wildman–Crippen LogP) is 4.99. The smallest absolute Gasteiger partial charge is 0.407 e. The van der Waals surface area contributed by atoms with Gasteiger partial charge in [-0.15, -0.1) is 0 Å². The molecule has 0 radical (unpaired) electrons. The van der Waals surface area contributed by atoms with Crippen molar-refractivity contribution in [3.05, 3.63) is 53.1 Å². The fourth-order valence-electron chi connectivity index (χ4n) is 9.09. The molecule has 0 saturated carbocycles. The summed E-state index contributed by atoms with van der Waals surface area (Å²) in [6, 6.07) is 3.30. The van der Waals surface area contributed by atoms with Crippen molar-refractivity contribution in [3.63, 3.8) is 0 Å². The van der Waals surface area contributed by atoms with Crippen LogP contribution in [0.25, 0.3) is 0 Å². The molecule has 3 N–H and O–H groups in total. The van der Waals surface area contributed by atoms with Crippen LogP contribution in [0.4, 0.5) is 4.79 Å². The lowest BCUT2D eigenvalue weighted by Gasteiger charge is -2.44. The quantitative estimate of drug-likeness (QED) is 0.0723. The first kappa shape index (κ1) is 49.5. The number of piperidine rings is 1. The Kier molecular flexibility index (Phi) is 16.5. The van der Waals surface area contributed by atoms with Crippen molar-refractivity contribution in [3.8, 4) is 5.75 Å². The van der Waals surface area contributed by atoms with Gasteiger partial charge in [0, 0.05) is 31.8 Å². The first-order chi connectivity index (χ1) is 30.8. The maximum Gasteiger partial charge on any atom is 0.407 e. The van der Waals surface area contributed by atoms with Crippen molar-refractivity contribution in [2.45, 2.75) is 122 Å². The van der Waals surface area contributed by atoms with Crippen LogP contribution < -0.4 is 20.7 Å². The normalized spacial score (nSPS) is 26.7. The molecule has 0 bridgehead atoms. The third-order valence-electron chi connectivity index (χ3n) is 13.4. The van der Waals surface area contributed by atoms with Gasteiger partial charge >= 0.3 is 12.1 Å². The minimum Gasteiger partial charge on any atom is -0.483 e. The van der Waals surface area contributed by atoms with Gasteiger partial charge in [-0.05, 0) is 79.3 Å². The molecule has 0 spiro atoms. The molecule has 2 unspecified atom stereocenters. The number of esters is 1. The summed E-state index contributed by atoms with van der Waals surface area (Å²) in [5.74, 6) is -2.50. The number of hydrogen-bond acceptors (Lipinski definition) is 13. The molecule has 356 valence electrons. The number of imide groups is 2. The van der Waals surface area contributed by atoms with E-state index in [4.69, 9.17) is 28.1 Å². The highest BCUT2D eigenvalue weighted by atomic mass is 28.4. The van der Waals surface area contributed by atoms with Gasteiger partial charge in [0.25, 0.3) is 17.7 Å². The monoisotopic (exact) mass is 922 g/mol. The van der Waals surface area contributed by atoms with E-state index < -0.39 is 56.6 Å². The highest BCUT2D eigenvalue weighted by Gasteiger charge is 2.47. The largest absolute Gasteiger partial charge is 0.483 e. The third-order valence-corrected chi connectivity index (χ3v) is 17.9. The maximum atomic E-state index is 13.2. The molecule has 0 aromatic heterocycles. The lowest BCUT2D eigenvalue weighted by atomic mass is 9.65. The Balaban J connectivity index is 0.857. The summed E-state index contributed by atoms with van der Waals surface area (Å²) in [4.78, 5) is 89.3. The summed E-state index contributed by atoms with van der Waals surface area (Å²) in [5, 5.41) is 7.68. The molecule has 1 aromatic rings. The zero-order chi connectivity index (χ0) is 47.1. The van der Waals surface area contributed by atoms with Crippen LogP contribution in [0.1, 0.15) is 100 Å². The summed E-state index contributed by atoms with van der Waals surface area (Å²) >= 11 is 0. The molecule has 3 aliphatic heterocycles. The zero-order valence-electron chi connectivity index (χ0n) is 38.7. The van der Waals surface area contributed by atoms with Crippen LogP contribution in [-0.2, 0) is 42.6 Å². The Bertz CT molecular complexity index is 2030. The summed E-state index contributed by atoms with van der Waals surface area (Å²) < 4.78 is 35.4.